The summed E-state index contributed by atoms with van der Waals surface area (Å²) in [4.78, 5) is 4.38. The number of rotatable bonds is 1. The predicted octanol–water partition coefficient (Wildman–Crippen LogP) is 1.88. The van der Waals surface area contributed by atoms with Gasteiger partial charge in [0.05, 0.1) is 6.04 Å². The molecule has 0 radical (unpaired) electrons. The van der Waals surface area contributed by atoms with Gasteiger partial charge in [-0.3, -0.25) is 0 Å². The molecule has 3 N–H and O–H groups in total. The van der Waals surface area contributed by atoms with Crippen molar-refractivity contribution in [2.45, 2.75) is 26.3 Å². The molecule has 1 aromatic carbocycles. The van der Waals surface area contributed by atoms with Gasteiger partial charge in [-0.2, -0.15) is 10.1 Å². The van der Waals surface area contributed by atoms with E-state index in [0.29, 0.717) is 0 Å². The lowest BCUT2D eigenvalue weighted by atomic mass is 10.0. The molecule has 5 heteroatoms. The van der Waals surface area contributed by atoms with E-state index in [9.17, 15) is 0 Å². The van der Waals surface area contributed by atoms with Crippen LogP contribution >= 0.6 is 0 Å². The zero-order valence-corrected chi connectivity index (χ0v) is 10.6. The summed E-state index contributed by atoms with van der Waals surface area (Å²) in [6, 6.07) is 6.47. The Balaban J connectivity index is 2.05. The molecule has 0 saturated heterocycles. The van der Waals surface area contributed by atoms with Gasteiger partial charge in [0.25, 0.3) is 0 Å². The summed E-state index contributed by atoms with van der Waals surface area (Å²) in [7, 11) is 0. The summed E-state index contributed by atoms with van der Waals surface area (Å²) in [6.45, 7) is 4.84. The number of nitrogens with one attached hydrogen (secondary N) is 1. The molecule has 0 aliphatic carbocycles. The third-order valence-electron chi connectivity index (χ3n) is 3.42. The van der Waals surface area contributed by atoms with Gasteiger partial charge in [0.2, 0.25) is 5.95 Å². The molecule has 1 aliphatic rings. The van der Waals surface area contributed by atoms with E-state index < -0.39 is 0 Å². The molecular formula is C13H17N5. The number of nitrogen functional groups attached to an aromatic ring is 1. The van der Waals surface area contributed by atoms with Crippen molar-refractivity contribution in [3.8, 4) is 0 Å². The number of benzene rings is 1. The van der Waals surface area contributed by atoms with Gasteiger partial charge in [-0.25, -0.2) is 4.68 Å². The highest BCUT2D eigenvalue weighted by Gasteiger charge is 2.23. The zero-order chi connectivity index (χ0) is 12.7. The average molecular weight is 243 g/mol. The van der Waals surface area contributed by atoms with Crippen molar-refractivity contribution in [2.75, 3.05) is 17.6 Å². The number of nitrogens with two attached hydrogens (primary N) is 1. The molecule has 0 amide bonds. The highest BCUT2D eigenvalue weighted by atomic mass is 15.4. The van der Waals surface area contributed by atoms with Crippen LogP contribution in [0.25, 0.3) is 0 Å². The number of aryl methyl sites for hydroxylation is 2. The van der Waals surface area contributed by atoms with Crippen LogP contribution in [0.5, 0.6) is 0 Å². The minimum Gasteiger partial charge on any atom is -0.399 e. The first-order chi connectivity index (χ1) is 8.65. The number of nitrogens with zero attached hydrogens (tertiary/aromatic N) is 3. The van der Waals surface area contributed by atoms with Gasteiger partial charge in [-0.1, -0.05) is 12.1 Å². The predicted molar refractivity (Wildman–Crippen MR) is 71.6 cm³/mol. The van der Waals surface area contributed by atoms with Crippen molar-refractivity contribution in [1.29, 1.82) is 0 Å². The van der Waals surface area contributed by atoms with Gasteiger partial charge < -0.3 is 11.1 Å². The maximum atomic E-state index is 5.99. The topological polar surface area (TPSA) is 68.8 Å². The zero-order valence-electron chi connectivity index (χ0n) is 10.6. The van der Waals surface area contributed by atoms with Crippen LogP contribution < -0.4 is 11.1 Å². The standard InChI is InChI=1S/C13H17N5/c1-8-3-4-10(7-11(8)14)12-5-6-15-13-16-9(2)17-18(12)13/h3-4,7,12H,5-6,14H2,1-2H3,(H,15,16,17). The molecule has 94 valence electrons. The highest BCUT2D eigenvalue weighted by molar-refractivity contribution is 5.49. The molecular weight excluding hydrogens is 226 g/mol. The minimum atomic E-state index is 0.227. The Kier molecular flexibility index (Phi) is 2.47. The van der Waals surface area contributed by atoms with Gasteiger partial charge in [-0.05, 0) is 37.5 Å². The van der Waals surface area contributed by atoms with Crippen LogP contribution in [0.3, 0.4) is 0 Å². The molecule has 1 aromatic heterocycles. The first kappa shape index (κ1) is 11.1. The van der Waals surface area contributed by atoms with Gasteiger partial charge >= 0.3 is 0 Å². The van der Waals surface area contributed by atoms with E-state index in [2.05, 4.69) is 27.5 Å². The van der Waals surface area contributed by atoms with Crippen molar-refractivity contribution in [1.82, 2.24) is 14.8 Å². The smallest absolute Gasteiger partial charge is 0.221 e. The normalized spacial score (nSPS) is 18.2. The Morgan fingerprint density at radius 3 is 3.00 bits per heavy atom. The Morgan fingerprint density at radius 2 is 2.22 bits per heavy atom. The molecule has 5 nitrogen and oxygen atoms in total. The second kappa shape index (κ2) is 4.01. The summed E-state index contributed by atoms with van der Waals surface area (Å²) in [5.41, 5.74) is 9.14. The quantitative estimate of drug-likeness (QED) is 0.750. The molecule has 0 fully saturated rings. The fourth-order valence-electron chi connectivity index (χ4n) is 2.39. The summed E-state index contributed by atoms with van der Waals surface area (Å²) in [5.74, 6) is 1.65. The van der Waals surface area contributed by atoms with Crippen LogP contribution in [0.4, 0.5) is 11.6 Å². The molecule has 2 heterocycles. The van der Waals surface area contributed by atoms with Crippen molar-refractivity contribution >= 4 is 11.6 Å². The molecule has 18 heavy (non-hydrogen) atoms. The molecule has 0 bridgehead atoms. The van der Waals surface area contributed by atoms with E-state index in [-0.39, 0.29) is 6.04 Å². The van der Waals surface area contributed by atoms with E-state index in [1.165, 1.54) is 5.56 Å². The molecule has 0 spiro atoms. The van der Waals surface area contributed by atoms with Gasteiger partial charge in [0.15, 0.2) is 0 Å². The molecule has 1 aliphatic heterocycles. The number of fused-ring (bicyclic) bond motifs is 1. The molecule has 3 rings (SSSR count). The number of hydrogen-bond donors (Lipinski definition) is 2. The van der Waals surface area contributed by atoms with Gasteiger partial charge in [0.1, 0.15) is 5.82 Å². The fourth-order valence-corrected chi connectivity index (χ4v) is 2.39. The third kappa shape index (κ3) is 1.72. The summed E-state index contributed by atoms with van der Waals surface area (Å²) < 4.78 is 1.96. The lowest BCUT2D eigenvalue weighted by Gasteiger charge is -2.25. The van der Waals surface area contributed by atoms with E-state index in [4.69, 9.17) is 5.73 Å². The third-order valence-corrected chi connectivity index (χ3v) is 3.42. The van der Waals surface area contributed by atoms with Crippen LogP contribution in [0, 0.1) is 13.8 Å². The lowest BCUT2D eigenvalue weighted by Crippen LogP contribution is -2.24. The van der Waals surface area contributed by atoms with Crippen molar-refractivity contribution < 1.29 is 0 Å². The first-order valence-corrected chi connectivity index (χ1v) is 6.18. The second-order valence-corrected chi connectivity index (χ2v) is 4.77. The summed E-state index contributed by atoms with van der Waals surface area (Å²) in [6.07, 6.45) is 0.998. The van der Waals surface area contributed by atoms with E-state index in [1.807, 2.05) is 24.6 Å². The maximum absolute atomic E-state index is 5.99. The van der Waals surface area contributed by atoms with Gasteiger partial charge in [0, 0.05) is 12.2 Å². The van der Waals surface area contributed by atoms with Crippen LogP contribution in [0.15, 0.2) is 18.2 Å². The SMILES string of the molecule is Cc1nc2n(n1)C(c1ccc(C)c(N)c1)CCN2. The number of anilines is 2. The van der Waals surface area contributed by atoms with Crippen LogP contribution in [0.1, 0.15) is 29.4 Å². The lowest BCUT2D eigenvalue weighted by molar-refractivity contribution is 0.478. The largest absolute Gasteiger partial charge is 0.399 e. The second-order valence-electron chi connectivity index (χ2n) is 4.77. The minimum absolute atomic E-state index is 0.227. The first-order valence-electron chi connectivity index (χ1n) is 6.18. The van der Waals surface area contributed by atoms with Crippen LogP contribution in [-0.2, 0) is 0 Å². The van der Waals surface area contributed by atoms with Gasteiger partial charge in [-0.15, -0.1) is 0 Å². The molecule has 1 atom stereocenters. The maximum Gasteiger partial charge on any atom is 0.221 e. The Bertz CT molecular complexity index is 587. The summed E-state index contributed by atoms with van der Waals surface area (Å²) >= 11 is 0. The van der Waals surface area contributed by atoms with Crippen molar-refractivity contribution in [3.05, 3.63) is 35.2 Å². The van der Waals surface area contributed by atoms with Crippen molar-refractivity contribution in [2.24, 2.45) is 0 Å². The van der Waals surface area contributed by atoms with E-state index in [0.717, 1.165) is 36.0 Å². The Labute approximate surface area is 106 Å². The number of hydrogen-bond acceptors (Lipinski definition) is 4. The van der Waals surface area contributed by atoms with Crippen molar-refractivity contribution in [3.63, 3.8) is 0 Å². The molecule has 0 saturated carbocycles. The van der Waals surface area contributed by atoms with Crippen LogP contribution in [0.2, 0.25) is 0 Å². The Morgan fingerprint density at radius 1 is 1.39 bits per heavy atom. The van der Waals surface area contributed by atoms with E-state index >= 15 is 0 Å². The molecule has 1 unspecified atom stereocenters. The van der Waals surface area contributed by atoms with Crippen LogP contribution in [-0.4, -0.2) is 21.3 Å². The highest BCUT2D eigenvalue weighted by Crippen LogP contribution is 2.29. The number of aromatic nitrogens is 3. The summed E-state index contributed by atoms with van der Waals surface area (Å²) in [5, 5.41) is 7.73. The Hall–Kier alpha value is -2.04. The molecule has 2 aromatic rings. The fraction of sp³-hybridized carbons (Fsp3) is 0.385. The van der Waals surface area contributed by atoms with E-state index in [1.54, 1.807) is 0 Å². The monoisotopic (exact) mass is 243 g/mol. The average Bonchev–Trinajstić information content (AvgIpc) is 2.72.